The smallest absolute Gasteiger partial charge is 0.255 e. The predicted octanol–water partition coefficient (Wildman–Crippen LogP) is 0.765. The summed E-state index contributed by atoms with van der Waals surface area (Å²) < 4.78 is 0. The minimum absolute atomic E-state index is 0.0312. The monoisotopic (exact) mass is 316 g/mol. The summed E-state index contributed by atoms with van der Waals surface area (Å²) in [5.74, 6) is 0.137. The number of amides is 2. The Morgan fingerprint density at radius 2 is 1.91 bits per heavy atom. The van der Waals surface area contributed by atoms with Crippen molar-refractivity contribution in [3.8, 4) is 0 Å². The number of carbonyl (C=O) groups is 2. The van der Waals surface area contributed by atoms with Gasteiger partial charge in [-0.2, -0.15) is 0 Å². The maximum absolute atomic E-state index is 12.8. The Labute approximate surface area is 136 Å². The summed E-state index contributed by atoms with van der Waals surface area (Å²) in [7, 11) is 3.82. The highest BCUT2D eigenvalue weighted by Crippen LogP contribution is 2.31. The molecule has 0 aromatic heterocycles. The van der Waals surface area contributed by atoms with Gasteiger partial charge < -0.3 is 15.5 Å². The molecule has 2 heterocycles. The lowest BCUT2D eigenvalue weighted by Crippen LogP contribution is -2.67. The number of anilines is 1. The van der Waals surface area contributed by atoms with Gasteiger partial charge >= 0.3 is 0 Å². The van der Waals surface area contributed by atoms with Gasteiger partial charge in [0.15, 0.2) is 0 Å². The zero-order valence-corrected chi connectivity index (χ0v) is 13.8. The number of rotatable bonds is 2. The Balaban J connectivity index is 1.74. The first kappa shape index (κ1) is 15.8. The van der Waals surface area contributed by atoms with E-state index in [1.807, 2.05) is 43.3 Å². The number of nitrogens with one attached hydrogen (secondary N) is 2. The molecule has 0 saturated carbocycles. The van der Waals surface area contributed by atoms with Gasteiger partial charge in [-0.25, -0.2) is 0 Å². The van der Waals surface area contributed by atoms with Gasteiger partial charge in [0.1, 0.15) is 5.54 Å². The molecular formula is C17H24N4O2. The third-order valence-electron chi connectivity index (χ3n) is 5.19. The van der Waals surface area contributed by atoms with Crippen molar-refractivity contribution in [3.05, 3.63) is 29.8 Å². The highest BCUT2D eigenvalue weighted by Gasteiger charge is 2.47. The highest BCUT2D eigenvalue weighted by molar-refractivity contribution is 6.00. The summed E-state index contributed by atoms with van der Waals surface area (Å²) >= 11 is 0. The molecule has 2 amide bonds. The van der Waals surface area contributed by atoms with Gasteiger partial charge in [-0.15, -0.1) is 0 Å². The van der Waals surface area contributed by atoms with Crippen molar-refractivity contribution in [2.24, 2.45) is 0 Å². The average molecular weight is 316 g/mol. The van der Waals surface area contributed by atoms with Gasteiger partial charge in [0, 0.05) is 38.9 Å². The summed E-state index contributed by atoms with van der Waals surface area (Å²) in [4.78, 5) is 29.2. The molecule has 1 spiro atoms. The first-order valence-corrected chi connectivity index (χ1v) is 8.14. The quantitative estimate of drug-likeness (QED) is 0.846. The van der Waals surface area contributed by atoms with Crippen LogP contribution in [-0.2, 0) is 4.79 Å². The highest BCUT2D eigenvalue weighted by atomic mass is 16.2. The van der Waals surface area contributed by atoms with Gasteiger partial charge in [0.2, 0.25) is 5.91 Å². The molecule has 6 nitrogen and oxygen atoms in total. The van der Waals surface area contributed by atoms with Gasteiger partial charge in [0.05, 0.1) is 5.56 Å². The Bertz CT molecular complexity index is 608. The van der Waals surface area contributed by atoms with Crippen molar-refractivity contribution in [2.75, 3.05) is 45.6 Å². The molecule has 2 N–H and O–H groups in total. The van der Waals surface area contributed by atoms with Crippen molar-refractivity contribution >= 4 is 17.5 Å². The van der Waals surface area contributed by atoms with Crippen molar-refractivity contribution in [3.63, 3.8) is 0 Å². The van der Waals surface area contributed by atoms with Crippen LogP contribution in [0.25, 0.3) is 0 Å². The van der Waals surface area contributed by atoms with Crippen LogP contribution in [0.4, 0.5) is 5.69 Å². The van der Waals surface area contributed by atoms with E-state index in [1.165, 1.54) is 0 Å². The van der Waals surface area contributed by atoms with E-state index in [9.17, 15) is 9.59 Å². The zero-order chi connectivity index (χ0) is 16.4. The van der Waals surface area contributed by atoms with Crippen molar-refractivity contribution in [1.82, 2.24) is 15.1 Å². The van der Waals surface area contributed by atoms with Crippen LogP contribution in [0.15, 0.2) is 24.3 Å². The Hall–Kier alpha value is -2.08. The molecule has 3 rings (SSSR count). The van der Waals surface area contributed by atoms with Gasteiger partial charge in [0.25, 0.3) is 5.91 Å². The maximum atomic E-state index is 12.8. The van der Waals surface area contributed by atoms with E-state index in [1.54, 1.807) is 0 Å². The molecule has 0 radical (unpaired) electrons. The normalized spacial score (nSPS) is 21.1. The van der Waals surface area contributed by atoms with E-state index in [4.69, 9.17) is 0 Å². The molecule has 0 unspecified atom stereocenters. The van der Waals surface area contributed by atoms with E-state index in [0.29, 0.717) is 38.0 Å². The second kappa shape index (κ2) is 6.20. The number of para-hydroxylation sites is 1. The molecule has 2 aliphatic rings. The van der Waals surface area contributed by atoms with Crippen LogP contribution in [0.2, 0.25) is 0 Å². The fourth-order valence-electron chi connectivity index (χ4n) is 3.64. The van der Waals surface area contributed by atoms with E-state index < -0.39 is 5.54 Å². The zero-order valence-electron chi connectivity index (χ0n) is 13.8. The SMILES string of the molecule is CNc1ccccc1C(=O)N1CCC2(CC1)C(=O)NCCN2C. The van der Waals surface area contributed by atoms with Crippen LogP contribution in [0.5, 0.6) is 0 Å². The largest absolute Gasteiger partial charge is 0.387 e. The molecule has 2 fully saturated rings. The number of carbonyl (C=O) groups excluding carboxylic acids is 2. The average Bonchev–Trinajstić information content (AvgIpc) is 2.59. The number of hydrogen-bond donors (Lipinski definition) is 2. The standard InChI is InChI=1S/C17H24N4O2/c1-18-14-6-4-3-5-13(14)15(22)21-10-7-17(8-11-21)16(23)19-9-12-20(17)2/h3-6,18H,7-12H2,1-2H3,(H,19,23). The van der Waals surface area contributed by atoms with Crippen LogP contribution in [0.1, 0.15) is 23.2 Å². The first-order valence-electron chi connectivity index (χ1n) is 8.14. The molecule has 0 aliphatic carbocycles. The van der Waals surface area contributed by atoms with Crippen LogP contribution in [0.3, 0.4) is 0 Å². The van der Waals surface area contributed by atoms with Crippen LogP contribution in [0, 0.1) is 0 Å². The third kappa shape index (κ3) is 2.67. The topological polar surface area (TPSA) is 64.7 Å². The lowest BCUT2D eigenvalue weighted by atomic mass is 9.83. The minimum atomic E-state index is -0.447. The Morgan fingerprint density at radius 1 is 1.22 bits per heavy atom. The van der Waals surface area contributed by atoms with Crippen molar-refractivity contribution < 1.29 is 9.59 Å². The van der Waals surface area contributed by atoms with E-state index >= 15 is 0 Å². The fraction of sp³-hybridized carbons (Fsp3) is 0.529. The number of nitrogens with zero attached hydrogens (tertiary/aromatic N) is 2. The molecule has 2 saturated heterocycles. The van der Waals surface area contributed by atoms with Crippen LogP contribution in [-0.4, -0.2) is 67.4 Å². The minimum Gasteiger partial charge on any atom is -0.387 e. The molecule has 124 valence electrons. The first-order chi connectivity index (χ1) is 11.1. The molecule has 6 heteroatoms. The predicted molar refractivity (Wildman–Crippen MR) is 89.5 cm³/mol. The second-order valence-corrected chi connectivity index (χ2v) is 6.30. The summed E-state index contributed by atoms with van der Waals surface area (Å²) in [6, 6.07) is 7.54. The molecule has 0 bridgehead atoms. The summed E-state index contributed by atoms with van der Waals surface area (Å²) in [5.41, 5.74) is 1.08. The van der Waals surface area contributed by atoms with Crippen LogP contribution >= 0.6 is 0 Å². The van der Waals surface area contributed by atoms with Crippen molar-refractivity contribution in [2.45, 2.75) is 18.4 Å². The number of hydrogen-bond acceptors (Lipinski definition) is 4. The van der Waals surface area contributed by atoms with Gasteiger partial charge in [-0.3, -0.25) is 14.5 Å². The molecular weight excluding hydrogens is 292 g/mol. The summed E-state index contributed by atoms with van der Waals surface area (Å²) in [6.45, 7) is 2.78. The lowest BCUT2D eigenvalue weighted by Gasteiger charge is -2.48. The molecule has 23 heavy (non-hydrogen) atoms. The van der Waals surface area contributed by atoms with E-state index in [-0.39, 0.29) is 11.8 Å². The molecule has 0 atom stereocenters. The van der Waals surface area contributed by atoms with Gasteiger partial charge in [-0.1, -0.05) is 12.1 Å². The summed E-state index contributed by atoms with van der Waals surface area (Å²) in [6.07, 6.45) is 1.37. The maximum Gasteiger partial charge on any atom is 0.255 e. The third-order valence-corrected chi connectivity index (χ3v) is 5.19. The van der Waals surface area contributed by atoms with E-state index in [0.717, 1.165) is 12.2 Å². The number of likely N-dealkylation sites (N-methyl/N-ethyl adjacent to an activating group) is 1. The Morgan fingerprint density at radius 3 is 2.57 bits per heavy atom. The number of likely N-dealkylation sites (tertiary alicyclic amines) is 1. The number of piperidine rings is 1. The van der Waals surface area contributed by atoms with Gasteiger partial charge in [-0.05, 0) is 32.0 Å². The fourth-order valence-corrected chi connectivity index (χ4v) is 3.64. The second-order valence-electron chi connectivity index (χ2n) is 6.30. The van der Waals surface area contributed by atoms with Crippen LogP contribution < -0.4 is 10.6 Å². The summed E-state index contributed by atoms with van der Waals surface area (Å²) in [5, 5.41) is 6.04. The molecule has 2 aliphatic heterocycles. The lowest BCUT2D eigenvalue weighted by molar-refractivity contribution is -0.139. The van der Waals surface area contributed by atoms with E-state index in [2.05, 4.69) is 15.5 Å². The number of piperazine rings is 1. The Kier molecular flexibility index (Phi) is 4.26. The van der Waals surface area contributed by atoms with Crippen molar-refractivity contribution in [1.29, 1.82) is 0 Å². The molecule has 1 aromatic carbocycles. The number of benzene rings is 1. The molecule has 1 aromatic rings.